The maximum absolute atomic E-state index is 12.6. The number of esters is 1. The number of nitrogens with zero attached hydrogens (tertiary/aromatic N) is 1. The largest absolute Gasteiger partial charge is 0.462 e. The van der Waals surface area contributed by atoms with E-state index in [2.05, 4.69) is 19.1 Å². The van der Waals surface area contributed by atoms with Crippen LogP contribution in [0.2, 0.25) is 5.02 Å². The van der Waals surface area contributed by atoms with Gasteiger partial charge in [-0.15, -0.1) is 0 Å². The van der Waals surface area contributed by atoms with Crippen molar-refractivity contribution in [2.45, 2.75) is 60.2 Å². The van der Waals surface area contributed by atoms with Gasteiger partial charge >= 0.3 is 5.97 Å². The fourth-order valence-corrected chi connectivity index (χ4v) is 3.80. The zero-order valence-corrected chi connectivity index (χ0v) is 20.7. The fraction of sp³-hybridized carbons (Fsp3) is 0.407. The van der Waals surface area contributed by atoms with Gasteiger partial charge in [0.25, 0.3) is 0 Å². The highest BCUT2D eigenvalue weighted by Gasteiger charge is 2.30. The summed E-state index contributed by atoms with van der Waals surface area (Å²) in [5, 5.41) is 1.71. The number of ether oxygens (including phenoxy) is 2. The molecule has 3 aromatic rings. The minimum atomic E-state index is -0.592. The quantitative estimate of drug-likeness (QED) is 0.380. The molecule has 170 valence electrons. The first-order valence-corrected chi connectivity index (χ1v) is 11.2. The number of hydrogen-bond donors (Lipinski definition) is 0. The molecule has 0 unspecified atom stereocenters. The molecule has 1 atom stereocenters. The van der Waals surface area contributed by atoms with Gasteiger partial charge in [0.1, 0.15) is 12.7 Å². The van der Waals surface area contributed by atoms with Gasteiger partial charge in [-0.2, -0.15) is 0 Å². The zero-order valence-electron chi connectivity index (χ0n) is 20.0. The Morgan fingerprint density at radius 1 is 1.06 bits per heavy atom. The molecular weight excluding hydrogens is 422 g/mol. The number of rotatable bonds is 5. The molecule has 0 amide bonds. The number of benzene rings is 2. The SMILES string of the molecule is Cc1cc2cccnc2c(-c2ccc(Cl)cc2)c1[C@@H](COC(=O)C(C)(C)C)OC(C)(C)C. The number of aromatic nitrogens is 1. The molecule has 0 bridgehead atoms. The molecule has 1 heterocycles. The van der Waals surface area contributed by atoms with Gasteiger partial charge in [-0.1, -0.05) is 29.8 Å². The Morgan fingerprint density at radius 2 is 1.72 bits per heavy atom. The summed E-state index contributed by atoms with van der Waals surface area (Å²) in [5.74, 6) is -0.260. The lowest BCUT2D eigenvalue weighted by Gasteiger charge is -2.31. The topological polar surface area (TPSA) is 48.4 Å². The van der Waals surface area contributed by atoms with E-state index in [0.29, 0.717) is 5.02 Å². The first-order chi connectivity index (χ1) is 14.9. The van der Waals surface area contributed by atoms with Crippen LogP contribution in [0.3, 0.4) is 0 Å². The number of aryl methyl sites for hydroxylation is 1. The van der Waals surface area contributed by atoms with Crippen molar-refractivity contribution in [3.63, 3.8) is 0 Å². The van der Waals surface area contributed by atoms with Crippen LogP contribution in [0, 0.1) is 12.3 Å². The zero-order chi connectivity index (χ0) is 23.7. The fourth-order valence-electron chi connectivity index (χ4n) is 3.67. The lowest BCUT2D eigenvalue weighted by atomic mass is 9.89. The Bertz CT molecular complexity index is 1110. The Kier molecular flexibility index (Phi) is 6.97. The minimum Gasteiger partial charge on any atom is -0.462 e. The van der Waals surface area contributed by atoms with E-state index in [1.54, 1.807) is 6.20 Å². The number of pyridine rings is 1. The summed E-state index contributed by atoms with van der Waals surface area (Å²) in [6.45, 7) is 13.7. The third-order valence-corrected chi connectivity index (χ3v) is 5.32. The van der Waals surface area contributed by atoms with Crippen molar-refractivity contribution in [1.82, 2.24) is 4.98 Å². The molecule has 2 aromatic carbocycles. The van der Waals surface area contributed by atoms with Gasteiger partial charge in [-0.25, -0.2) is 0 Å². The Hall–Kier alpha value is -2.43. The van der Waals surface area contributed by atoms with Crippen LogP contribution in [0.1, 0.15) is 58.8 Å². The summed E-state index contributed by atoms with van der Waals surface area (Å²) in [7, 11) is 0. The van der Waals surface area contributed by atoms with Crippen LogP contribution in [0.4, 0.5) is 0 Å². The average Bonchev–Trinajstić information content (AvgIpc) is 2.69. The highest BCUT2D eigenvalue weighted by Crippen LogP contribution is 2.40. The number of carbonyl (C=O) groups excluding carboxylic acids is 1. The summed E-state index contributed by atoms with van der Waals surface area (Å²) < 4.78 is 12.2. The van der Waals surface area contributed by atoms with E-state index < -0.39 is 17.1 Å². The van der Waals surface area contributed by atoms with Gasteiger partial charge < -0.3 is 9.47 Å². The molecule has 0 N–H and O–H groups in total. The molecule has 0 aliphatic carbocycles. The van der Waals surface area contributed by atoms with Crippen LogP contribution >= 0.6 is 11.6 Å². The first kappa shape index (κ1) is 24.2. The molecule has 32 heavy (non-hydrogen) atoms. The van der Waals surface area contributed by atoms with Crippen LogP contribution in [0.5, 0.6) is 0 Å². The van der Waals surface area contributed by atoms with E-state index in [-0.39, 0.29) is 12.6 Å². The molecule has 0 fully saturated rings. The molecule has 0 aliphatic rings. The predicted octanol–water partition coefficient (Wildman–Crippen LogP) is 7.31. The van der Waals surface area contributed by atoms with Crippen LogP contribution in [-0.4, -0.2) is 23.2 Å². The maximum Gasteiger partial charge on any atom is 0.311 e. The monoisotopic (exact) mass is 453 g/mol. The van der Waals surface area contributed by atoms with Crippen molar-refractivity contribution in [2.75, 3.05) is 6.61 Å². The molecule has 5 heteroatoms. The van der Waals surface area contributed by atoms with Gasteiger partial charge in [0.05, 0.1) is 16.5 Å². The Morgan fingerprint density at radius 3 is 2.31 bits per heavy atom. The standard InChI is InChI=1S/C27H32ClNO3/c1-17-15-19-9-8-14-29-24(19)23(18-10-12-20(28)13-11-18)22(17)21(32-27(5,6)7)16-31-25(30)26(2,3)4/h8-15,21H,16H2,1-7H3/t21-/m1/s1. The lowest BCUT2D eigenvalue weighted by molar-refractivity contribution is -0.162. The third kappa shape index (κ3) is 5.67. The highest BCUT2D eigenvalue weighted by molar-refractivity contribution is 6.30. The van der Waals surface area contributed by atoms with Crippen molar-refractivity contribution in [3.8, 4) is 11.1 Å². The molecule has 0 saturated heterocycles. The highest BCUT2D eigenvalue weighted by atomic mass is 35.5. The van der Waals surface area contributed by atoms with E-state index in [4.69, 9.17) is 26.1 Å². The normalized spacial score (nSPS) is 13.2. The lowest BCUT2D eigenvalue weighted by Crippen LogP contribution is -2.30. The minimum absolute atomic E-state index is 0.118. The second-order valence-corrected chi connectivity index (χ2v) is 10.6. The Labute approximate surface area is 195 Å². The van der Waals surface area contributed by atoms with Crippen molar-refractivity contribution < 1.29 is 14.3 Å². The van der Waals surface area contributed by atoms with Crippen molar-refractivity contribution in [1.29, 1.82) is 0 Å². The summed E-state index contributed by atoms with van der Waals surface area (Å²) in [4.78, 5) is 17.2. The summed E-state index contributed by atoms with van der Waals surface area (Å²) >= 11 is 6.17. The Balaban J connectivity index is 2.21. The summed E-state index contributed by atoms with van der Waals surface area (Å²) in [5.41, 5.74) is 3.82. The van der Waals surface area contributed by atoms with Crippen molar-refractivity contribution in [3.05, 3.63) is 64.8 Å². The van der Waals surface area contributed by atoms with E-state index in [1.807, 2.05) is 71.9 Å². The molecule has 0 radical (unpaired) electrons. The molecule has 0 saturated carbocycles. The van der Waals surface area contributed by atoms with Gasteiger partial charge in [-0.05, 0) is 89.4 Å². The van der Waals surface area contributed by atoms with Crippen molar-refractivity contribution in [2.24, 2.45) is 5.41 Å². The van der Waals surface area contributed by atoms with Crippen molar-refractivity contribution >= 4 is 28.5 Å². The van der Waals surface area contributed by atoms with E-state index in [0.717, 1.165) is 33.2 Å². The predicted molar refractivity (Wildman–Crippen MR) is 131 cm³/mol. The van der Waals surface area contributed by atoms with Gasteiger partial charge in [-0.3, -0.25) is 9.78 Å². The van der Waals surface area contributed by atoms with Gasteiger partial charge in [0.15, 0.2) is 0 Å². The second-order valence-electron chi connectivity index (χ2n) is 10.1. The second kappa shape index (κ2) is 9.21. The van der Waals surface area contributed by atoms with Gasteiger partial charge in [0, 0.05) is 22.2 Å². The van der Waals surface area contributed by atoms with Crippen LogP contribution in [-0.2, 0) is 14.3 Å². The van der Waals surface area contributed by atoms with Gasteiger partial charge in [0.2, 0.25) is 0 Å². The molecule has 1 aromatic heterocycles. The summed E-state index contributed by atoms with van der Waals surface area (Å²) in [6.07, 6.45) is 1.33. The van der Waals surface area contributed by atoms with E-state index in [1.165, 1.54) is 0 Å². The third-order valence-electron chi connectivity index (χ3n) is 5.07. The number of fused-ring (bicyclic) bond motifs is 1. The number of hydrogen-bond acceptors (Lipinski definition) is 4. The summed E-state index contributed by atoms with van der Waals surface area (Å²) in [6, 6.07) is 13.8. The van der Waals surface area contributed by atoms with Crippen LogP contribution in [0.25, 0.3) is 22.0 Å². The van der Waals surface area contributed by atoms with Crippen LogP contribution in [0.15, 0.2) is 48.7 Å². The number of halogens is 1. The van der Waals surface area contributed by atoms with E-state index >= 15 is 0 Å². The molecule has 0 spiro atoms. The maximum atomic E-state index is 12.6. The molecule has 3 rings (SSSR count). The molecule has 0 aliphatic heterocycles. The average molecular weight is 454 g/mol. The van der Waals surface area contributed by atoms with Crippen LogP contribution < -0.4 is 0 Å². The molecular formula is C27H32ClNO3. The molecule has 4 nitrogen and oxygen atoms in total. The smallest absolute Gasteiger partial charge is 0.311 e. The first-order valence-electron chi connectivity index (χ1n) is 10.9. The van der Waals surface area contributed by atoms with E-state index in [9.17, 15) is 4.79 Å². The number of carbonyl (C=O) groups is 1.